The molecule has 0 saturated heterocycles. The molecule has 0 radical (unpaired) electrons. The lowest BCUT2D eigenvalue weighted by Crippen LogP contribution is -2.36. The van der Waals surface area contributed by atoms with E-state index in [0.29, 0.717) is 12.3 Å². The Morgan fingerprint density at radius 3 is 2.65 bits per heavy atom. The van der Waals surface area contributed by atoms with Crippen LogP contribution in [0.5, 0.6) is 5.75 Å². The van der Waals surface area contributed by atoms with Crippen LogP contribution in [0.15, 0.2) is 18.2 Å². The van der Waals surface area contributed by atoms with Gasteiger partial charge < -0.3 is 15.4 Å². The molecule has 0 atom stereocenters. The van der Waals surface area contributed by atoms with Gasteiger partial charge in [-0.05, 0) is 20.0 Å². The molecule has 20 heavy (non-hydrogen) atoms. The van der Waals surface area contributed by atoms with E-state index in [-0.39, 0.29) is 0 Å². The minimum Gasteiger partial charge on any atom is -0.483 e. The summed E-state index contributed by atoms with van der Waals surface area (Å²) in [5.41, 5.74) is 1.88. The summed E-state index contributed by atoms with van der Waals surface area (Å²) in [6.07, 6.45) is -4.42. The average Bonchev–Trinajstić information content (AvgIpc) is 2.35. The minimum absolute atomic E-state index is 0.449. The van der Waals surface area contributed by atoms with Crippen molar-refractivity contribution in [2.24, 2.45) is 0 Å². The fourth-order valence-corrected chi connectivity index (χ4v) is 1.57. The highest BCUT2D eigenvalue weighted by Crippen LogP contribution is 2.20. The highest BCUT2D eigenvalue weighted by molar-refractivity contribution is 5.77. The number of hydrogen-bond donors (Lipinski definition) is 2. The normalized spacial score (nSPS) is 11.2. The Kier molecular flexibility index (Phi) is 5.82. The monoisotopic (exact) mass is 290 g/mol. The lowest BCUT2D eigenvalue weighted by Gasteiger charge is -2.13. The highest BCUT2D eigenvalue weighted by Gasteiger charge is 2.27. The standard InChI is InChI=1S/C13H17F3N2O2/c1-9-3-4-11(10(5-9)6-17-2)20-7-12(19)18-8-13(14,15)16/h3-5,17H,6-8H2,1-2H3,(H,18,19). The van der Waals surface area contributed by atoms with Crippen LogP contribution in [0, 0.1) is 6.92 Å². The minimum atomic E-state index is -4.42. The van der Waals surface area contributed by atoms with E-state index in [0.717, 1.165) is 11.1 Å². The van der Waals surface area contributed by atoms with E-state index in [1.165, 1.54) is 0 Å². The summed E-state index contributed by atoms with van der Waals surface area (Å²) in [7, 11) is 1.77. The van der Waals surface area contributed by atoms with Crippen molar-refractivity contribution in [3.05, 3.63) is 29.3 Å². The van der Waals surface area contributed by atoms with Gasteiger partial charge in [0.1, 0.15) is 12.3 Å². The summed E-state index contributed by atoms with van der Waals surface area (Å²) >= 11 is 0. The molecule has 0 heterocycles. The van der Waals surface area contributed by atoms with E-state index in [2.05, 4.69) is 5.32 Å². The molecule has 0 aromatic heterocycles. The van der Waals surface area contributed by atoms with Gasteiger partial charge in [-0.3, -0.25) is 4.79 Å². The third-order valence-corrected chi connectivity index (χ3v) is 2.43. The third kappa shape index (κ3) is 5.92. The number of benzene rings is 1. The summed E-state index contributed by atoms with van der Waals surface area (Å²) in [6, 6.07) is 5.39. The maximum absolute atomic E-state index is 11.9. The smallest absolute Gasteiger partial charge is 0.405 e. The van der Waals surface area contributed by atoms with E-state index in [1.807, 2.05) is 19.1 Å². The first kappa shape index (κ1) is 16.3. The summed E-state index contributed by atoms with van der Waals surface area (Å²) in [5.74, 6) is -0.328. The van der Waals surface area contributed by atoms with Gasteiger partial charge >= 0.3 is 6.18 Å². The Labute approximate surface area is 115 Å². The van der Waals surface area contributed by atoms with Gasteiger partial charge in [0, 0.05) is 12.1 Å². The predicted octanol–water partition coefficient (Wildman–Crippen LogP) is 1.77. The van der Waals surface area contributed by atoms with E-state index in [4.69, 9.17) is 4.74 Å². The van der Waals surface area contributed by atoms with Crippen LogP contribution in [0.3, 0.4) is 0 Å². The van der Waals surface area contributed by atoms with Gasteiger partial charge in [-0.2, -0.15) is 13.2 Å². The van der Waals surface area contributed by atoms with Gasteiger partial charge in [-0.25, -0.2) is 0 Å². The fourth-order valence-electron chi connectivity index (χ4n) is 1.57. The number of carbonyl (C=O) groups excluding carboxylic acids is 1. The van der Waals surface area contributed by atoms with Crippen LogP contribution in [0.4, 0.5) is 13.2 Å². The van der Waals surface area contributed by atoms with Gasteiger partial charge in [-0.15, -0.1) is 0 Å². The number of ether oxygens (including phenoxy) is 1. The van der Waals surface area contributed by atoms with Crippen LogP contribution in [0.25, 0.3) is 0 Å². The van der Waals surface area contributed by atoms with Gasteiger partial charge in [0.2, 0.25) is 0 Å². The second kappa shape index (κ2) is 7.14. The highest BCUT2D eigenvalue weighted by atomic mass is 19.4. The molecule has 7 heteroatoms. The number of amides is 1. The molecular formula is C13H17F3N2O2. The molecule has 0 spiro atoms. The summed E-state index contributed by atoms with van der Waals surface area (Å²) in [5, 5.41) is 4.71. The molecule has 0 saturated carbocycles. The fraction of sp³-hybridized carbons (Fsp3) is 0.462. The van der Waals surface area contributed by atoms with Gasteiger partial charge in [0.05, 0.1) is 0 Å². The summed E-state index contributed by atoms with van der Waals surface area (Å²) in [4.78, 5) is 11.2. The van der Waals surface area contributed by atoms with Crippen molar-refractivity contribution in [1.82, 2.24) is 10.6 Å². The molecule has 1 aromatic rings. The Balaban J connectivity index is 2.54. The molecule has 1 amide bonds. The zero-order chi connectivity index (χ0) is 15.2. The summed E-state index contributed by atoms with van der Waals surface area (Å²) < 4.78 is 41.0. The molecule has 0 bridgehead atoms. The molecule has 4 nitrogen and oxygen atoms in total. The predicted molar refractivity (Wildman–Crippen MR) is 68.5 cm³/mol. The molecule has 0 unspecified atom stereocenters. The van der Waals surface area contributed by atoms with Crippen LogP contribution < -0.4 is 15.4 Å². The third-order valence-electron chi connectivity index (χ3n) is 2.43. The van der Waals surface area contributed by atoms with E-state index in [1.54, 1.807) is 18.4 Å². The zero-order valence-corrected chi connectivity index (χ0v) is 11.3. The second-order valence-corrected chi connectivity index (χ2v) is 4.32. The van der Waals surface area contributed by atoms with Crippen LogP contribution in [-0.4, -0.2) is 32.3 Å². The maximum Gasteiger partial charge on any atom is 0.405 e. The molecule has 1 rings (SSSR count). The Bertz CT molecular complexity index is 461. The van der Waals surface area contributed by atoms with Crippen LogP contribution >= 0.6 is 0 Å². The second-order valence-electron chi connectivity index (χ2n) is 4.32. The van der Waals surface area contributed by atoms with Crippen molar-refractivity contribution in [2.45, 2.75) is 19.6 Å². The van der Waals surface area contributed by atoms with Crippen LogP contribution in [-0.2, 0) is 11.3 Å². The van der Waals surface area contributed by atoms with Crippen molar-refractivity contribution >= 4 is 5.91 Å². The Hall–Kier alpha value is -1.76. The molecule has 0 aliphatic rings. The maximum atomic E-state index is 11.9. The molecule has 1 aromatic carbocycles. The van der Waals surface area contributed by atoms with Crippen molar-refractivity contribution in [1.29, 1.82) is 0 Å². The topological polar surface area (TPSA) is 50.4 Å². The molecule has 0 fully saturated rings. The number of alkyl halides is 3. The van der Waals surface area contributed by atoms with Crippen molar-refractivity contribution < 1.29 is 22.7 Å². The first-order valence-corrected chi connectivity index (χ1v) is 6.02. The van der Waals surface area contributed by atoms with Crippen molar-refractivity contribution in [2.75, 3.05) is 20.2 Å². The van der Waals surface area contributed by atoms with Gasteiger partial charge in [0.15, 0.2) is 6.61 Å². The average molecular weight is 290 g/mol. The van der Waals surface area contributed by atoms with Gasteiger partial charge in [-0.1, -0.05) is 17.7 Å². The van der Waals surface area contributed by atoms with Crippen LogP contribution in [0.1, 0.15) is 11.1 Å². The number of carbonyl (C=O) groups is 1. The molecule has 2 N–H and O–H groups in total. The largest absolute Gasteiger partial charge is 0.483 e. The zero-order valence-electron chi connectivity index (χ0n) is 11.3. The van der Waals surface area contributed by atoms with E-state index >= 15 is 0 Å². The molecule has 0 aliphatic heterocycles. The number of nitrogens with one attached hydrogen (secondary N) is 2. The first-order valence-electron chi connectivity index (χ1n) is 6.02. The lowest BCUT2D eigenvalue weighted by molar-refractivity contribution is -0.139. The number of rotatable bonds is 6. The Morgan fingerprint density at radius 2 is 2.05 bits per heavy atom. The van der Waals surface area contributed by atoms with Gasteiger partial charge in [0.25, 0.3) is 5.91 Å². The van der Waals surface area contributed by atoms with E-state index < -0.39 is 25.2 Å². The lowest BCUT2D eigenvalue weighted by atomic mass is 10.1. The molecule has 112 valence electrons. The number of halogens is 3. The Morgan fingerprint density at radius 1 is 1.35 bits per heavy atom. The van der Waals surface area contributed by atoms with Crippen molar-refractivity contribution in [3.8, 4) is 5.75 Å². The number of aryl methyl sites for hydroxylation is 1. The first-order chi connectivity index (χ1) is 9.31. The molecule has 0 aliphatic carbocycles. The number of hydrogen-bond acceptors (Lipinski definition) is 3. The van der Waals surface area contributed by atoms with Crippen LogP contribution in [0.2, 0.25) is 0 Å². The van der Waals surface area contributed by atoms with E-state index in [9.17, 15) is 18.0 Å². The molecular weight excluding hydrogens is 273 g/mol. The quantitative estimate of drug-likeness (QED) is 0.839. The van der Waals surface area contributed by atoms with Crippen molar-refractivity contribution in [3.63, 3.8) is 0 Å². The summed E-state index contributed by atoms with van der Waals surface area (Å²) in [6.45, 7) is 0.655. The SMILES string of the molecule is CNCc1cc(C)ccc1OCC(=O)NCC(F)(F)F.